The number of aryl methyl sites for hydroxylation is 1. The first kappa shape index (κ1) is 22.8. The number of likely N-dealkylation sites (N-methyl/N-ethyl adjacent to an activating group) is 1. The minimum Gasteiger partial charge on any atom is -0.358 e. The van der Waals surface area contributed by atoms with E-state index in [4.69, 9.17) is 0 Å². The van der Waals surface area contributed by atoms with Crippen molar-refractivity contribution in [1.82, 2.24) is 10.2 Å². The Balaban J connectivity index is 1.69. The molecule has 0 atom stereocenters. The summed E-state index contributed by atoms with van der Waals surface area (Å²) in [7, 11) is 1.50. The van der Waals surface area contributed by atoms with Crippen molar-refractivity contribution in [3.8, 4) is 0 Å². The molecule has 2 amide bonds. The van der Waals surface area contributed by atoms with E-state index in [2.05, 4.69) is 5.32 Å². The van der Waals surface area contributed by atoms with Gasteiger partial charge in [-0.05, 0) is 36.1 Å². The van der Waals surface area contributed by atoms with E-state index in [1.165, 1.54) is 13.1 Å². The highest BCUT2D eigenvalue weighted by molar-refractivity contribution is 5.94. The standard InChI is InChI=1S/C23H26F3N3O2/c1-27-21(30)16-28(15-17-6-4-9-19(14-17)23(24,25)26)13-11-22(31)29-12-5-8-18-7-2-3-10-20(18)29/h2-4,6-7,9-10,14H,5,8,11-13,15-16H2,1H3,(H,27,30). The van der Waals surface area contributed by atoms with Crippen LogP contribution in [0.4, 0.5) is 18.9 Å². The van der Waals surface area contributed by atoms with Crippen LogP contribution in [-0.2, 0) is 28.7 Å². The number of fused-ring (bicyclic) bond motifs is 1. The Morgan fingerprint density at radius 3 is 2.65 bits per heavy atom. The molecule has 1 N–H and O–H groups in total. The molecule has 31 heavy (non-hydrogen) atoms. The number of rotatable bonds is 7. The predicted molar refractivity (Wildman–Crippen MR) is 113 cm³/mol. The summed E-state index contributed by atoms with van der Waals surface area (Å²) in [5, 5.41) is 2.52. The summed E-state index contributed by atoms with van der Waals surface area (Å²) in [5.41, 5.74) is 1.75. The number of halogens is 3. The molecule has 1 aliphatic heterocycles. The number of hydrogen-bond donors (Lipinski definition) is 1. The summed E-state index contributed by atoms with van der Waals surface area (Å²) in [6, 6.07) is 12.8. The lowest BCUT2D eigenvalue weighted by Crippen LogP contribution is -2.40. The molecule has 3 rings (SSSR count). The lowest BCUT2D eigenvalue weighted by molar-refractivity contribution is -0.137. The van der Waals surface area contributed by atoms with Crippen LogP contribution >= 0.6 is 0 Å². The van der Waals surface area contributed by atoms with E-state index in [9.17, 15) is 22.8 Å². The van der Waals surface area contributed by atoms with Gasteiger partial charge in [0.05, 0.1) is 12.1 Å². The zero-order chi connectivity index (χ0) is 22.4. The number of para-hydroxylation sites is 1. The van der Waals surface area contributed by atoms with Crippen molar-refractivity contribution >= 4 is 17.5 Å². The van der Waals surface area contributed by atoms with Crippen LogP contribution in [0.5, 0.6) is 0 Å². The van der Waals surface area contributed by atoms with Gasteiger partial charge in [0.15, 0.2) is 0 Å². The number of benzene rings is 2. The SMILES string of the molecule is CNC(=O)CN(CCC(=O)N1CCCc2ccccc21)Cc1cccc(C(F)(F)F)c1. The summed E-state index contributed by atoms with van der Waals surface area (Å²) in [6.45, 7) is 1.04. The molecular formula is C23H26F3N3O2. The lowest BCUT2D eigenvalue weighted by atomic mass is 10.0. The fourth-order valence-corrected chi connectivity index (χ4v) is 3.78. The van der Waals surface area contributed by atoms with Crippen molar-refractivity contribution in [2.24, 2.45) is 0 Å². The van der Waals surface area contributed by atoms with Gasteiger partial charge in [0.25, 0.3) is 0 Å². The number of carbonyl (C=O) groups is 2. The van der Waals surface area contributed by atoms with Crippen LogP contribution in [0, 0.1) is 0 Å². The van der Waals surface area contributed by atoms with Gasteiger partial charge in [0.2, 0.25) is 11.8 Å². The van der Waals surface area contributed by atoms with Crippen molar-refractivity contribution in [3.05, 3.63) is 65.2 Å². The molecular weight excluding hydrogens is 407 g/mol. The number of amides is 2. The fourth-order valence-electron chi connectivity index (χ4n) is 3.78. The van der Waals surface area contributed by atoms with Crippen LogP contribution in [0.25, 0.3) is 0 Å². The maximum absolute atomic E-state index is 13.0. The van der Waals surface area contributed by atoms with E-state index in [1.54, 1.807) is 15.9 Å². The lowest BCUT2D eigenvalue weighted by Gasteiger charge is -2.30. The summed E-state index contributed by atoms with van der Waals surface area (Å²) in [6.07, 6.45) is -2.45. The number of nitrogens with zero attached hydrogens (tertiary/aromatic N) is 2. The van der Waals surface area contributed by atoms with E-state index in [0.29, 0.717) is 12.1 Å². The van der Waals surface area contributed by atoms with Crippen molar-refractivity contribution in [3.63, 3.8) is 0 Å². The van der Waals surface area contributed by atoms with E-state index in [-0.39, 0.29) is 37.9 Å². The fraction of sp³-hybridized carbons (Fsp3) is 0.391. The van der Waals surface area contributed by atoms with E-state index in [1.807, 2.05) is 24.3 Å². The molecule has 0 fully saturated rings. The van der Waals surface area contributed by atoms with Gasteiger partial charge in [-0.3, -0.25) is 14.5 Å². The molecule has 0 saturated heterocycles. The van der Waals surface area contributed by atoms with Gasteiger partial charge in [-0.1, -0.05) is 36.4 Å². The maximum atomic E-state index is 13.0. The van der Waals surface area contributed by atoms with E-state index >= 15 is 0 Å². The molecule has 0 radical (unpaired) electrons. The number of nitrogens with one attached hydrogen (secondary N) is 1. The van der Waals surface area contributed by atoms with Gasteiger partial charge in [-0.2, -0.15) is 13.2 Å². The smallest absolute Gasteiger partial charge is 0.358 e. The van der Waals surface area contributed by atoms with E-state index in [0.717, 1.165) is 36.2 Å². The Morgan fingerprint density at radius 2 is 1.90 bits per heavy atom. The van der Waals surface area contributed by atoms with Crippen LogP contribution in [0.3, 0.4) is 0 Å². The summed E-state index contributed by atoms with van der Waals surface area (Å²) in [5.74, 6) is -0.319. The van der Waals surface area contributed by atoms with Crippen molar-refractivity contribution in [2.75, 3.05) is 31.6 Å². The highest BCUT2D eigenvalue weighted by Gasteiger charge is 2.30. The first-order chi connectivity index (χ1) is 14.8. The minimum atomic E-state index is -4.43. The normalized spacial score (nSPS) is 13.8. The Kier molecular flexibility index (Phi) is 7.33. The summed E-state index contributed by atoms with van der Waals surface area (Å²) < 4.78 is 39.1. The molecule has 166 valence electrons. The molecule has 0 bridgehead atoms. The number of anilines is 1. The van der Waals surface area contributed by atoms with Gasteiger partial charge in [0.1, 0.15) is 0 Å². The quantitative estimate of drug-likeness (QED) is 0.726. The Hall–Kier alpha value is -2.87. The monoisotopic (exact) mass is 433 g/mol. The highest BCUT2D eigenvalue weighted by Crippen LogP contribution is 2.30. The first-order valence-corrected chi connectivity index (χ1v) is 10.3. The van der Waals surface area contributed by atoms with Crippen LogP contribution in [0.2, 0.25) is 0 Å². The Morgan fingerprint density at radius 1 is 1.13 bits per heavy atom. The first-order valence-electron chi connectivity index (χ1n) is 10.3. The van der Waals surface area contributed by atoms with Crippen LogP contribution in [0.15, 0.2) is 48.5 Å². The van der Waals surface area contributed by atoms with Crippen molar-refractivity contribution in [2.45, 2.75) is 32.0 Å². The minimum absolute atomic E-state index is 0.00336. The predicted octanol–water partition coefficient (Wildman–Crippen LogP) is 3.62. The average Bonchev–Trinajstić information content (AvgIpc) is 2.76. The van der Waals surface area contributed by atoms with Crippen LogP contribution < -0.4 is 10.2 Å². The third-order valence-corrected chi connectivity index (χ3v) is 5.36. The van der Waals surface area contributed by atoms with Crippen LogP contribution in [0.1, 0.15) is 29.5 Å². The number of carbonyl (C=O) groups excluding carboxylic acids is 2. The number of hydrogen-bond acceptors (Lipinski definition) is 3. The molecule has 0 saturated carbocycles. The molecule has 5 nitrogen and oxygen atoms in total. The second-order valence-electron chi connectivity index (χ2n) is 7.61. The topological polar surface area (TPSA) is 52.7 Å². The molecule has 0 aromatic heterocycles. The third-order valence-electron chi connectivity index (χ3n) is 5.36. The maximum Gasteiger partial charge on any atom is 0.416 e. The molecule has 0 unspecified atom stereocenters. The Labute approximate surface area is 179 Å². The summed E-state index contributed by atoms with van der Waals surface area (Å²) >= 11 is 0. The third kappa shape index (κ3) is 6.07. The zero-order valence-corrected chi connectivity index (χ0v) is 17.4. The number of alkyl halides is 3. The van der Waals surface area contributed by atoms with Gasteiger partial charge in [-0.25, -0.2) is 0 Å². The average molecular weight is 433 g/mol. The summed E-state index contributed by atoms with van der Waals surface area (Å²) in [4.78, 5) is 28.3. The van der Waals surface area contributed by atoms with Gasteiger partial charge < -0.3 is 10.2 Å². The van der Waals surface area contributed by atoms with Gasteiger partial charge in [-0.15, -0.1) is 0 Å². The zero-order valence-electron chi connectivity index (χ0n) is 17.4. The van der Waals surface area contributed by atoms with E-state index < -0.39 is 11.7 Å². The Bertz CT molecular complexity index is 930. The molecule has 0 spiro atoms. The highest BCUT2D eigenvalue weighted by atomic mass is 19.4. The molecule has 2 aromatic carbocycles. The second kappa shape index (κ2) is 9.96. The largest absolute Gasteiger partial charge is 0.416 e. The van der Waals surface area contributed by atoms with Crippen molar-refractivity contribution < 1.29 is 22.8 Å². The van der Waals surface area contributed by atoms with Crippen molar-refractivity contribution in [1.29, 1.82) is 0 Å². The molecule has 1 aliphatic rings. The van der Waals surface area contributed by atoms with Gasteiger partial charge >= 0.3 is 6.18 Å². The second-order valence-corrected chi connectivity index (χ2v) is 7.61. The molecule has 8 heteroatoms. The molecule has 0 aliphatic carbocycles. The van der Waals surface area contributed by atoms with Crippen LogP contribution in [-0.4, -0.2) is 43.4 Å². The molecule has 2 aromatic rings. The van der Waals surface area contributed by atoms with Gasteiger partial charge in [0, 0.05) is 38.8 Å². The molecule has 1 heterocycles.